The minimum Gasteiger partial charge on any atom is -0.318 e. The van der Waals surface area contributed by atoms with Crippen molar-refractivity contribution in [1.29, 1.82) is 0 Å². The van der Waals surface area contributed by atoms with Gasteiger partial charge in [-0.2, -0.15) is 5.10 Å². The number of hydrogen-bond acceptors (Lipinski definition) is 3. The van der Waals surface area contributed by atoms with E-state index in [0.29, 0.717) is 6.04 Å². The molecule has 3 rings (SSSR count). The van der Waals surface area contributed by atoms with Gasteiger partial charge in [0.15, 0.2) is 0 Å². The maximum Gasteiger partial charge on any atom is 0.0828 e. The fraction of sp³-hybridized carbons (Fsp3) is 0.562. The Labute approximate surface area is 138 Å². The number of halogens is 1. The lowest BCUT2D eigenvalue weighted by Crippen LogP contribution is -2.18. The van der Waals surface area contributed by atoms with E-state index in [1.807, 2.05) is 22.2 Å². The average molecular weight is 368 g/mol. The zero-order valence-corrected chi connectivity index (χ0v) is 15.0. The predicted octanol–water partition coefficient (Wildman–Crippen LogP) is 4.61. The van der Waals surface area contributed by atoms with Crippen LogP contribution >= 0.6 is 27.3 Å². The quantitative estimate of drug-likeness (QED) is 0.805. The summed E-state index contributed by atoms with van der Waals surface area (Å²) >= 11 is 5.51. The third-order valence-corrected chi connectivity index (χ3v) is 6.07. The van der Waals surface area contributed by atoms with E-state index < -0.39 is 0 Å². The van der Waals surface area contributed by atoms with Gasteiger partial charge in [0, 0.05) is 15.8 Å². The van der Waals surface area contributed by atoms with E-state index in [1.54, 1.807) is 4.88 Å². The second-order valence-electron chi connectivity index (χ2n) is 6.05. The maximum absolute atomic E-state index is 6.57. The molecule has 5 heteroatoms. The second kappa shape index (κ2) is 6.23. The number of aromatic nitrogens is 2. The topological polar surface area (TPSA) is 43.8 Å². The van der Waals surface area contributed by atoms with Gasteiger partial charge in [-0.3, -0.25) is 4.68 Å². The van der Waals surface area contributed by atoms with Crippen LogP contribution in [0.3, 0.4) is 0 Å². The van der Waals surface area contributed by atoms with Gasteiger partial charge in [-0.05, 0) is 67.1 Å². The van der Waals surface area contributed by atoms with E-state index in [2.05, 4.69) is 40.9 Å². The van der Waals surface area contributed by atoms with Crippen LogP contribution in [-0.4, -0.2) is 9.78 Å². The first-order chi connectivity index (χ1) is 10.1. The molecule has 1 unspecified atom stereocenters. The van der Waals surface area contributed by atoms with Gasteiger partial charge in [0.25, 0.3) is 0 Å². The van der Waals surface area contributed by atoms with Crippen LogP contribution in [0.5, 0.6) is 0 Å². The van der Waals surface area contributed by atoms with E-state index in [9.17, 15) is 0 Å². The Bertz CT molecular complexity index is 606. The second-order valence-corrected chi connectivity index (χ2v) is 8.07. The molecule has 1 atom stereocenters. The van der Waals surface area contributed by atoms with Crippen LogP contribution in [-0.2, 0) is 12.8 Å². The van der Waals surface area contributed by atoms with Crippen molar-refractivity contribution in [2.24, 2.45) is 5.73 Å². The van der Waals surface area contributed by atoms with Crippen molar-refractivity contribution >= 4 is 27.3 Å². The lowest BCUT2D eigenvalue weighted by atomic mass is 10.1. The molecule has 2 aromatic heterocycles. The number of hydrogen-bond donors (Lipinski definition) is 1. The van der Waals surface area contributed by atoms with E-state index >= 15 is 0 Å². The molecule has 0 aliphatic heterocycles. The molecule has 0 saturated carbocycles. The monoisotopic (exact) mass is 367 g/mol. The number of aryl methyl sites for hydroxylation is 2. The highest BCUT2D eigenvalue weighted by molar-refractivity contribution is 9.10. The Kier molecular flexibility index (Phi) is 4.52. The molecule has 0 bridgehead atoms. The van der Waals surface area contributed by atoms with Crippen molar-refractivity contribution in [1.82, 2.24) is 9.78 Å². The molecule has 3 nitrogen and oxygen atoms in total. The molecule has 0 saturated heterocycles. The van der Waals surface area contributed by atoms with Crippen LogP contribution in [0, 0.1) is 0 Å². The molecule has 21 heavy (non-hydrogen) atoms. The summed E-state index contributed by atoms with van der Waals surface area (Å²) in [5.74, 6) is 0. The van der Waals surface area contributed by atoms with E-state index in [4.69, 9.17) is 5.73 Å². The fourth-order valence-electron chi connectivity index (χ4n) is 3.03. The first kappa shape index (κ1) is 15.3. The van der Waals surface area contributed by atoms with Gasteiger partial charge < -0.3 is 5.73 Å². The Balaban J connectivity index is 1.96. The molecule has 2 N–H and O–H groups in total. The van der Waals surface area contributed by atoms with E-state index in [0.717, 1.165) is 10.2 Å². The third kappa shape index (κ3) is 2.96. The zero-order valence-electron chi connectivity index (χ0n) is 12.6. The average Bonchev–Trinajstić information content (AvgIpc) is 2.96. The molecule has 1 aliphatic carbocycles. The zero-order chi connectivity index (χ0) is 15.0. The normalized spacial score (nSPS) is 16.8. The van der Waals surface area contributed by atoms with Crippen molar-refractivity contribution in [3.63, 3.8) is 0 Å². The SMILES string of the molecule is CC(C)n1ncc(Br)c1C(N)c1cc2c(s1)CCCCC2. The highest BCUT2D eigenvalue weighted by Crippen LogP contribution is 2.36. The van der Waals surface area contributed by atoms with Crippen molar-refractivity contribution in [3.05, 3.63) is 37.7 Å². The Morgan fingerprint density at radius 2 is 2.05 bits per heavy atom. The van der Waals surface area contributed by atoms with Crippen LogP contribution in [0.1, 0.15) is 66.2 Å². The minimum atomic E-state index is -0.0961. The Morgan fingerprint density at radius 3 is 2.81 bits per heavy atom. The first-order valence-corrected chi connectivity index (χ1v) is 9.29. The summed E-state index contributed by atoms with van der Waals surface area (Å²) in [6.07, 6.45) is 8.27. The summed E-state index contributed by atoms with van der Waals surface area (Å²) < 4.78 is 3.03. The molecule has 1 aliphatic rings. The molecule has 0 fully saturated rings. The molecule has 2 heterocycles. The summed E-state index contributed by atoms with van der Waals surface area (Å²) in [6, 6.07) is 2.55. The van der Waals surface area contributed by atoms with Crippen molar-refractivity contribution in [2.75, 3.05) is 0 Å². The molecule has 0 aromatic carbocycles. The van der Waals surface area contributed by atoms with Gasteiger partial charge in [-0.25, -0.2) is 0 Å². The van der Waals surface area contributed by atoms with E-state index in [1.165, 1.54) is 42.5 Å². The molecule has 114 valence electrons. The van der Waals surface area contributed by atoms with Gasteiger partial charge in [0.2, 0.25) is 0 Å². The van der Waals surface area contributed by atoms with Gasteiger partial charge in [-0.15, -0.1) is 11.3 Å². The molecule has 0 spiro atoms. The number of nitrogens with two attached hydrogens (primary N) is 1. The molecule has 0 amide bonds. The highest BCUT2D eigenvalue weighted by atomic mass is 79.9. The van der Waals surface area contributed by atoms with Gasteiger partial charge in [0.05, 0.1) is 22.4 Å². The van der Waals surface area contributed by atoms with Gasteiger partial charge in [0.1, 0.15) is 0 Å². The van der Waals surface area contributed by atoms with Crippen LogP contribution in [0.25, 0.3) is 0 Å². The lowest BCUT2D eigenvalue weighted by Gasteiger charge is -2.16. The fourth-order valence-corrected chi connectivity index (χ4v) is 4.81. The summed E-state index contributed by atoms with van der Waals surface area (Å²) in [7, 11) is 0. The number of thiophene rings is 1. The van der Waals surface area contributed by atoms with Crippen molar-refractivity contribution in [3.8, 4) is 0 Å². The predicted molar refractivity (Wildman–Crippen MR) is 91.9 cm³/mol. The third-order valence-electron chi connectivity index (χ3n) is 4.14. The van der Waals surface area contributed by atoms with Crippen LogP contribution in [0.2, 0.25) is 0 Å². The molecular formula is C16H22BrN3S. The lowest BCUT2D eigenvalue weighted by molar-refractivity contribution is 0.499. The summed E-state index contributed by atoms with van der Waals surface area (Å²) in [4.78, 5) is 2.81. The van der Waals surface area contributed by atoms with E-state index in [-0.39, 0.29) is 6.04 Å². The number of rotatable bonds is 3. The first-order valence-electron chi connectivity index (χ1n) is 7.68. The largest absolute Gasteiger partial charge is 0.318 e. The Morgan fingerprint density at radius 1 is 1.29 bits per heavy atom. The summed E-state index contributed by atoms with van der Waals surface area (Å²) in [5, 5.41) is 4.45. The molecule has 0 radical (unpaired) electrons. The Hall–Kier alpha value is -0.650. The maximum atomic E-state index is 6.57. The van der Waals surface area contributed by atoms with Crippen LogP contribution < -0.4 is 5.73 Å². The summed E-state index contributed by atoms with van der Waals surface area (Å²) in [6.45, 7) is 4.28. The van der Waals surface area contributed by atoms with Crippen LogP contribution in [0.15, 0.2) is 16.7 Å². The number of nitrogens with zero attached hydrogens (tertiary/aromatic N) is 2. The smallest absolute Gasteiger partial charge is 0.0828 e. The highest BCUT2D eigenvalue weighted by Gasteiger charge is 2.23. The summed E-state index contributed by atoms with van der Waals surface area (Å²) in [5.41, 5.74) is 9.18. The molecule has 2 aromatic rings. The van der Waals surface area contributed by atoms with Crippen molar-refractivity contribution in [2.45, 2.75) is 58.0 Å². The minimum absolute atomic E-state index is 0.0961. The van der Waals surface area contributed by atoms with Gasteiger partial charge in [-0.1, -0.05) is 6.42 Å². The van der Waals surface area contributed by atoms with Crippen LogP contribution in [0.4, 0.5) is 0 Å². The van der Waals surface area contributed by atoms with Gasteiger partial charge >= 0.3 is 0 Å². The van der Waals surface area contributed by atoms with Crippen molar-refractivity contribution < 1.29 is 0 Å². The number of fused-ring (bicyclic) bond motifs is 1. The standard InChI is InChI=1S/C16H22BrN3S/c1-10(2)20-16(12(17)9-19-20)15(18)14-8-11-6-4-3-5-7-13(11)21-14/h8-10,15H,3-7,18H2,1-2H3. The molecular weight excluding hydrogens is 346 g/mol.